The van der Waals surface area contributed by atoms with Crippen LogP contribution in [-0.4, -0.2) is 49.4 Å². The van der Waals surface area contributed by atoms with Crippen LogP contribution < -0.4 is 0 Å². The summed E-state index contributed by atoms with van der Waals surface area (Å²) >= 11 is 0. The molecule has 1 heterocycles. The average Bonchev–Trinajstić information content (AvgIpc) is 3.06. The molecule has 0 aromatic heterocycles. The molecular formula is C10H22O4Si. The molecule has 0 amide bonds. The largest absolute Gasteiger partial charge is 0.400 e. The van der Waals surface area contributed by atoms with Gasteiger partial charge in [0.25, 0.3) is 0 Å². The first kappa shape index (κ1) is 13.1. The van der Waals surface area contributed by atoms with E-state index < -0.39 is 9.28 Å². The minimum absolute atomic E-state index is 0.392. The number of rotatable bonds is 10. The molecule has 1 unspecified atom stereocenters. The molecular weight excluding hydrogens is 212 g/mol. The van der Waals surface area contributed by atoms with Crippen molar-refractivity contribution in [2.75, 3.05) is 34.0 Å². The van der Waals surface area contributed by atoms with Crippen molar-refractivity contribution in [1.82, 2.24) is 0 Å². The van der Waals surface area contributed by atoms with Crippen LogP contribution in [0.25, 0.3) is 0 Å². The van der Waals surface area contributed by atoms with Crippen LogP contribution in [0.4, 0.5) is 0 Å². The molecule has 0 aliphatic carbocycles. The highest BCUT2D eigenvalue weighted by atomic mass is 28.3. The maximum atomic E-state index is 5.44. The second kappa shape index (κ2) is 8.24. The molecule has 1 rings (SSSR count). The van der Waals surface area contributed by atoms with Gasteiger partial charge in [0.05, 0.1) is 13.2 Å². The van der Waals surface area contributed by atoms with Gasteiger partial charge in [-0.1, -0.05) is 12.8 Å². The van der Waals surface area contributed by atoms with E-state index in [2.05, 4.69) is 0 Å². The third kappa shape index (κ3) is 7.02. The maximum Gasteiger partial charge on any atom is 0.320 e. The van der Waals surface area contributed by atoms with E-state index in [1.807, 2.05) is 0 Å². The topological polar surface area (TPSA) is 40.2 Å². The number of epoxide rings is 1. The van der Waals surface area contributed by atoms with E-state index >= 15 is 0 Å². The molecule has 4 nitrogen and oxygen atoms in total. The highest BCUT2D eigenvalue weighted by Gasteiger charge is 2.21. The van der Waals surface area contributed by atoms with Gasteiger partial charge in [-0.3, -0.25) is 0 Å². The van der Waals surface area contributed by atoms with Gasteiger partial charge in [0.1, 0.15) is 6.10 Å². The Labute approximate surface area is 93.7 Å². The fraction of sp³-hybridized carbons (Fsp3) is 1.00. The van der Waals surface area contributed by atoms with Gasteiger partial charge in [-0.25, -0.2) is 0 Å². The second-order valence-electron chi connectivity index (χ2n) is 3.78. The number of hydrogen-bond donors (Lipinski definition) is 0. The Morgan fingerprint density at radius 2 is 1.93 bits per heavy atom. The lowest BCUT2D eigenvalue weighted by molar-refractivity contribution is 0.113. The van der Waals surface area contributed by atoms with Gasteiger partial charge in [0.15, 0.2) is 0 Å². The summed E-state index contributed by atoms with van der Waals surface area (Å²) in [6.45, 7) is 2.51. The highest BCUT2D eigenvalue weighted by Crippen LogP contribution is 2.09. The van der Waals surface area contributed by atoms with Crippen molar-refractivity contribution >= 4 is 9.28 Å². The summed E-state index contributed by atoms with van der Waals surface area (Å²) in [7, 11) is 2.15. The van der Waals surface area contributed by atoms with Crippen LogP contribution in [0.15, 0.2) is 0 Å². The summed E-state index contributed by atoms with van der Waals surface area (Å²) in [6, 6.07) is 1.10. The minimum Gasteiger partial charge on any atom is -0.400 e. The molecule has 0 aromatic rings. The van der Waals surface area contributed by atoms with E-state index in [9.17, 15) is 0 Å². The smallest absolute Gasteiger partial charge is 0.320 e. The Balaban J connectivity index is 1.75. The normalized spacial score (nSPS) is 19.8. The standard InChI is InChI=1S/C10H22O4Si/c1-11-15(12-2)7-5-3-4-6-13-8-10-9-14-10/h10,15H,3-9H2,1-2H3. The predicted octanol–water partition coefficient (Wildman–Crippen LogP) is 1.09. The zero-order valence-corrected chi connectivity index (χ0v) is 10.9. The van der Waals surface area contributed by atoms with Gasteiger partial charge in [-0.15, -0.1) is 0 Å². The monoisotopic (exact) mass is 234 g/mol. The first-order valence-electron chi connectivity index (χ1n) is 5.61. The van der Waals surface area contributed by atoms with E-state index in [0.29, 0.717) is 6.10 Å². The first-order valence-corrected chi connectivity index (χ1v) is 7.37. The third-order valence-electron chi connectivity index (χ3n) is 2.46. The molecule has 5 heteroatoms. The Morgan fingerprint density at radius 1 is 1.20 bits per heavy atom. The Hall–Kier alpha value is 0.0569. The van der Waals surface area contributed by atoms with E-state index in [0.717, 1.165) is 32.3 Å². The Bertz CT molecular complexity index is 148. The summed E-state index contributed by atoms with van der Waals surface area (Å²) in [4.78, 5) is 0. The van der Waals surface area contributed by atoms with Crippen molar-refractivity contribution in [1.29, 1.82) is 0 Å². The molecule has 1 aliphatic rings. The van der Waals surface area contributed by atoms with Crippen molar-refractivity contribution in [2.45, 2.75) is 31.4 Å². The number of ether oxygens (including phenoxy) is 2. The van der Waals surface area contributed by atoms with Crippen molar-refractivity contribution in [3.05, 3.63) is 0 Å². The van der Waals surface area contributed by atoms with E-state index in [-0.39, 0.29) is 0 Å². The summed E-state index contributed by atoms with van der Waals surface area (Å²) in [6.07, 6.45) is 3.90. The third-order valence-corrected chi connectivity index (χ3v) is 4.39. The van der Waals surface area contributed by atoms with Crippen molar-refractivity contribution in [3.63, 3.8) is 0 Å². The van der Waals surface area contributed by atoms with Crippen molar-refractivity contribution in [2.24, 2.45) is 0 Å². The summed E-state index contributed by atoms with van der Waals surface area (Å²) < 4.78 is 21.0. The Morgan fingerprint density at radius 3 is 2.53 bits per heavy atom. The van der Waals surface area contributed by atoms with Crippen molar-refractivity contribution in [3.8, 4) is 0 Å². The van der Waals surface area contributed by atoms with Crippen LogP contribution in [0, 0.1) is 0 Å². The maximum absolute atomic E-state index is 5.44. The van der Waals surface area contributed by atoms with E-state index in [1.54, 1.807) is 14.2 Å². The van der Waals surface area contributed by atoms with Crippen LogP contribution in [0.1, 0.15) is 19.3 Å². The van der Waals surface area contributed by atoms with Gasteiger partial charge in [-0.05, 0) is 12.5 Å². The lowest BCUT2D eigenvalue weighted by atomic mass is 10.3. The summed E-state index contributed by atoms with van der Waals surface area (Å²) in [5, 5.41) is 0. The molecule has 90 valence electrons. The molecule has 15 heavy (non-hydrogen) atoms. The zero-order chi connectivity index (χ0) is 10.9. The number of unbranched alkanes of at least 4 members (excludes halogenated alkanes) is 2. The molecule has 0 N–H and O–H groups in total. The van der Waals surface area contributed by atoms with Gasteiger partial charge >= 0.3 is 9.28 Å². The quantitative estimate of drug-likeness (QED) is 0.322. The molecule has 0 saturated carbocycles. The van der Waals surface area contributed by atoms with Gasteiger partial charge in [0.2, 0.25) is 0 Å². The van der Waals surface area contributed by atoms with Crippen molar-refractivity contribution < 1.29 is 18.3 Å². The van der Waals surface area contributed by atoms with Crippen LogP contribution >= 0.6 is 0 Å². The Kier molecular flexibility index (Phi) is 7.21. The van der Waals surface area contributed by atoms with E-state index in [4.69, 9.17) is 18.3 Å². The van der Waals surface area contributed by atoms with Gasteiger partial charge < -0.3 is 18.3 Å². The average molecular weight is 234 g/mol. The highest BCUT2D eigenvalue weighted by molar-refractivity contribution is 6.44. The fourth-order valence-corrected chi connectivity index (χ4v) is 2.69. The summed E-state index contributed by atoms with van der Waals surface area (Å²) in [5.41, 5.74) is 0. The molecule has 1 saturated heterocycles. The predicted molar refractivity (Wildman–Crippen MR) is 60.4 cm³/mol. The van der Waals surface area contributed by atoms with Gasteiger partial charge in [0, 0.05) is 20.8 Å². The van der Waals surface area contributed by atoms with Crippen LogP contribution in [0.3, 0.4) is 0 Å². The molecule has 0 aromatic carbocycles. The summed E-state index contributed by atoms with van der Waals surface area (Å²) in [5.74, 6) is 0. The SMILES string of the molecule is CO[SiH](CCCCCOCC1CO1)OC. The lowest BCUT2D eigenvalue weighted by Gasteiger charge is -2.10. The number of hydrogen-bond acceptors (Lipinski definition) is 4. The molecule has 1 fully saturated rings. The zero-order valence-electron chi connectivity index (χ0n) is 9.74. The van der Waals surface area contributed by atoms with Crippen LogP contribution in [0.2, 0.25) is 6.04 Å². The molecule has 0 radical (unpaired) electrons. The second-order valence-corrected chi connectivity index (χ2v) is 6.16. The molecule has 0 bridgehead atoms. The fourth-order valence-electron chi connectivity index (χ4n) is 1.40. The molecule has 0 spiro atoms. The first-order chi connectivity index (χ1) is 7.36. The van der Waals surface area contributed by atoms with Gasteiger partial charge in [-0.2, -0.15) is 0 Å². The van der Waals surface area contributed by atoms with E-state index in [1.165, 1.54) is 12.8 Å². The minimum atomic E-state index is -1.32. The van der Waals surface area contributed by atoms with Crippen LogP contribution in [0.5, 0.6) is 0 Å². The molecule has 1 aliphatic heterocycles. The lowest BCUT2D eigenvalue weighted by Crippen LogP contribution is -2.18. The van der Waals surface area contributed by atoms with Crippen LogP contribution in [-0.2, 0) is 18.3 Å². The molecule has 1 atom stereocenters.